The molecular weight excluding hydrogens is 568 g/mol. The van der Waals surface area contributed by atoms with Gasteiger partial charge >= 0.3 is 6.09 Å². The van der Waals surface area contributed by atoms with Crippen LogP contribution in [0.4, 0.5) is 25.2 Å². The van der Waals surface area contributed by atoms with Crippen LogP contribution in [0.2, 0.25) is 0 Å². The highest BCUT2D eigenvalue weighted by Gasteiger charge is 2.30. The molecule has 0 radical (unpaired) electrons. The molecule has 228 valence electrons. The molecule has 13 heteroatoms. The molecular formula is C31H33F2N9O2. The van der Waals surface area contributed by atoms with E-state index in [0.717, 1.165) is 22.5 Å². The Morgan fingerprint density at radius 3 is 2.45 bits per heavy atom. The van der Waals surface area contributed by atoms with Gasteiger partial charge in [0.2, 0.25) is 5.95 Å². The smallest absolute Gasteiger partial charge is 0.410 e. The fraction of sp³-hybridized carbons (Fsp3) is 0.323. The van der Waals surface area contributed by atoms with Gasteiger partial charge in [-0.05, 0) is 74.9 Å². The summed E-state index contributed by atoms with van der Waals surface area (Å²) in [6.45, 7) is 8.01. The average Bonchev–Trinajstić information content (AvgIpc) is 3.55. The van der Waals surface area contributed by atoms with Gasteiger partial charge in [0.1, 0.15) is 28.7 Å². The molecule has 6 rings (SSSR count). The molecule has 0 bridgehead atoms. The molecule has 1 aliphatic rings. The third-order valence-electron chi connectivity index (χ3n) is 7.21. The lowest BCUT2D eigenvalue weighted by Gasteiger charge is -2.36. The van der Waals surface area contributed by atoms with Crippen molar-refractivity contribution >= 4 is 23.4 Å². The summed E-state index contributed by atoms with van der Waals surface area (Å²) in [4.78, 5) is 24.8. The molecule has 1 saturated heterocycles. The quantitative estimate of drug-likeness (QED) is 0.267. The number of piperazine rings is 1. The first kappa shape index (κ1) is 29.0. The van der Waals surface area contributed by atoms with Crippen LogP contribution >= 0.6 is 0 Å². The van der Waals surface area contributed by atoms with E-state index in [1.165, 1.54) is 24.4 Å². The number of imidazole rings is 1. The van der Waals surface area contributed by atoms with Crippen LogP contribution < -0.4 is 10.2 Å². The van der Waals surface area contributed by atoms with Crippen molar-refractivity contribution in [3.63, 3.8) is 0 Å². The van der Waals surface area contributed by atoms with E-state index >= 15 is 0 Å². The van der Waals surface area contributed by atoms with Gasteiger partial charge in [-0.1, -0.05) is 0 Å². The molecule has 44 heavy (non-hydrogen) atoms. The molecule has 5 aromatic rings. The molecule has 0 aliphatic carbocycles. The van der Waals surface area contributed by atoms with E-state index in [9.17, 15) is 13.6 Å². The van der Waals surface area contributed by atoms with Crippen molar-refractivity contribution in [3.05, 3.63) is 78.3 Å². The number of pyridine rings is 1. The Morgan fingerprint density at radius 1 is 1.00 bits per heavy atom. The van der Waals surface area contributed by atoms with Crippen LogP contribution in [-0.4, -0.2) is 72.1 Å². The number of benzene rings is 1. The summed E-state index contributed by atoms with van der Waals surface area (Å²) < 4.78 is 36.4. The van der Waals surface area contributed by atoms with E-state index in [1.807, 2.05) is 40.0 Å². The van der Waals surface area contributed by atoms with Crippen LogP contribution in [0.5, 0.6) is 0 Å². The Labute approximate surface area is 253 Å². The number of rotatable bonds is 6. The molecule has 0 spiro atoms. The molecule has 1 aromatic carbocycles. The summed E-state index contributed by atoms with van der Waals surface area (Å²) in [5, 5.41) is 13.0. The number of aryl methyl sites for hydroxylation is 1. The van der Waals surface area contributed by atoms with Crippen molar-refractivity contribution in [2.45, 2.75) is 32.9 Å². The van der Waals surface area contributed by atoms with Gasteiger partial charge in [0.05, 0.1) is 17.5 Å². The molecule has 0 unspecified atom stereocenters. The Kier molecular flexibility index (Phi) is 7.62. The highest BCUT2D eigenvalue weighted by molar-refractivity contribution is 5.88. The molecule has 4 aromatic heterocycles. The van der Waals surface area contributed by atoms with E-state index < -0.39 is 11.5 Å². The number of nitrogens with zero attached hydrogens (tertiary/aromatic N) is 8. The molecule has 0 saturated carbocycles. The zero-order valence-electron chi connectivity index (χ0n) is 25.0. The van der Waals surface area contributed by atoms with Crippen molar-refractivity contribution < 1.29 is 18.3 Å². The minimum atomic E-state index is -0.572. The number of nitrogens with one attached hydrogen (secondary N) is 1. The van der Waals surface area contributed by atoms with Gasteiger partial charge in [0.25, 0.3) is 0 Å². The number of carbonyl (C=O) groups is 1. The van der Waals surface area contributed by atoms with Gasteiger partial charge in [-0.25, -0.2) is 23.7 Å². The second-order valence-corrected chi connectivity index (χ2v) is 11.6. The lowest BCUT2D eigenvalue weighted by molar-refractivity contribution is 0.0240. The lowest BCUT2D eigenvalue weighted by Crippen LogP contribution is -2.50. The van der Waals surface area contributed by atoms with Crippen molar-refractivity contribution in [2.75, 3.05) is 36.4 Å². The number of hydrogen-bond donors (Lipinski definition) is 1. The van der Waals surface area contributed by atoms with Gasteiger partial charge in [0.15, 0.2) is 5.65 Å². The third kappa shape index (κ3) is 6.17. The average molecular weight is 602 g/mol. The maximum atomic E-state index is 13.8. The van der Waals surface area contributed by atoms with Gasteiger partial charge in [-0.15, -0.1) is 0 Å². The first-order chi connectivity index (χ1) is 21.0. The van der Waals surface area contributed by atoms with Crippen LogP contribution in [0.15, 0.2) is 60.9 Å². The van der Waals surface area contributed by atoms with E-state index in [2.05, 4.69) is 20.2 Å². The highest BCUT2D eigenvalue weighted by atomic mass is 19.1. The number of amides is 1. The number of halogens is 2. The summed E-state index contributed by atoms with van der Waals surface area (Å²) in [5.74, 6) is 0.534. The lowest BCUT2D eigenvalue weighted by atomic mass is 10.0. The molecule has 5 heterocycles. The molecule has 1 N–H and O–H groups in total. The summed E-state index contributed by atoms with van der Waals surface area (Å²) >= 11 is 0. The zero-order chi connectivity index (χ0) is 31.0. The van der Waals surface area contributed by atoms with Crippen LogP contribution in [0.3, 0.4) is 0 Å². The van der Waals surface area contributed by atoms with Crippen molar-refractivity contribution in [1.82, 2.24) is 34.3 Å². The Bertz CT molecular complexity index is 1800. The number of anilines is 2. The highest BCUT2D eigenvalue weighted by Crippen LogP contribution is 2.39. The van der Waals surface area contributed by atoms with E-state index in [4.69, 9.17) is 14.9 Å². The second-order valence-electron chi connectivity index (χ2n) is 11.6. The molecule has 1 aliphatic heterocycles. The molecule has 1 fully saturated rings. The Hall–Kier alpha value is -5.07. The monoisotopic (exact) mass is 601 g/mol. The summed E-state index contributed by atoms with van der Waals surface area (Å²) in [6.07, 6.45) is 2.86. The van der Waals surface area contributed by atoms with E-state index in [-0.39, 0.29) is 11.9 Å². The molecule has 11 nitrogen and oxygen atoms in total. The van der Waals surface area contributed by atoms with E-state index in [0.29, 0.717) is 55.6 Å². The van der Waals surface area contributed by atoms with Crippen molar-refractivity contribution in [1.29, 1.82) is 0 Å². The number of carbonyl (C=O) groups excluding carboxylic acids is 1. The van der Waals surface area contributed by atoms with Crippen LogP contribution in [0.25, 0.3) is 28.2 Å². The molecule has 0 atom stereocenters. The van der Waals surface area contributed by atoms with E-state index in [1.54, 1.807) is 38.5 Å². The minimum Gasteiger partial charge on any atom is -0.444 e. The normalized spacial score (nSPS) is 13.9. The summed E-state index contributed by atoms with van der Waals surface area (Å²) in [6, 6.07) is 13.1. The summed E-state index contributed by atoms with van der Waals surface area (Å²) in [5.41, 5.74) is 3.61. The van der Waals surface area contributed by atoms with Crippen molar-refractivity contribution in [3.8, 4) is 22.5 Å². The number of fused-ring (bicyclic) bond motifs is 1. The zero-order valence-corrected chi connectivity index (χ0v) is 25.0. The number of ether oxygens (including phenoxy) is 1. The van der Waals surface area contributed by atoms with Gasteiger partial charge in [-0.2, -0.15) is 14.6 Å². The predicted molar refractivity (Wildman–Crippen MR) is 162 cm³/mol. The maximum absolute atomic E-state index is 13.8. The van der Waals surface area contributed by atoms with Crippen LogP contribution in [-0.2, 0) is 18.3 Å². The van der Waals surface area contributed by atoms with Crippen LogP contribution in [0.1, 0.15) is 26.3 Å². The number of hydrogen-bond acceptors (Lipinski definition) is 8. The van der Waals surface area contributed by atoms with Gasteiger partial charge < -0.3 is 19.9 Å². The summed E-state index contributed by atoms with van der Waals surface area (Å²) in [7, 11) is 1.87. The third-order valence-corrected chi connectivity index (χ3v) is 7.21. The second kappa shape index (κ2) is 11.5. The first-order valence-electron chi connectivity index (χ1n) is 14.3. The van der Waals surface area contributed by atoms with Crippen molar-refractivity contribution in [2.24, 2.45) is 7.05 Å². The SMILES string of the molecule is Cn1nc(-c2ccc(F)cc2)c(-c2ccc3nc(NCc4ccnc(F)c4)cn3n2)c1N1CCN(C(=O)OC(C)(C)C)CC1. The fourth-order valence-electron chi connectivity index (χ4n) is 5.20. The Morgan fingerprint density at radius 2 is 1.75 bits per heavy atom. The first-order valence-corrected chi connectivity index (χ1v) is 14.3. The van der Waals surface area contributed by atoms with Gasteiger partial charge in [0, 0.05) is 51.5 Å². The predicted octanol–water partition coefficient (Wildman–Crippen LogP) is 5.14. The van der Waals surface area contributed by atoms with Crippen LogP contribution in [0, 0.1) is 11.8 Å². The fourth-order valence-corrected chi connectivity index (χ4v) is 5.20. The minimum absolute atomic E-state index is 0.333. The standard InChI is InChI=1S/C31H33F2N9O2/c1-31(2,3)44-30(43)41-15-13-40(14-16-41)29-27(28(38-39(29)4)21-5-7-22(32)8-6-21)23-9-10-26-36-25(19-42(26)37-23)35-18-20-11-12-34-24(33)17-20/h5-12,17,19,35H,13-16,18H2,1-4H3. The van der Waals surface area contributed by atoms with Gasteiger partial charge in [-0.3, -0.25) is 4.68 Å². The number of aromatic nitrogens is 6. The largest absolute Gasteiger partial charge is 0.444 e. The maximum Gasteiger partial charge on any atom is 0.410 e. The molecule has 1 amide bonds. The Balaban J connectivity index is 1.33. The topological polar surface area (TPSA) is 106 Å².